The van der Waals surface area contributed by atoms with E-state index in [4.69, 9.17) is 21.1 Å². The highest BCUT2D eigenvalue weighted by Crippen LogP contribution is 2.30. The minimum Gasteiger partial charge on any atom is -0.497 e. The summed E-state index contributed by atoms with van der Waals surface area (Å²) in [5.74, 6) is 1.78. The van der Waals surface area contributed by atoms with E-state index in [9.17, 15) is 10.1 Å². The van der Waals surface area contributed by atoms with E-state index in [1.807, 2.05) is 53.4 Å². The van der Waals surface area contributed by atoms with Crippen molar-refractivity contribution in [2.45, 2.75) is 13.1 Å². The van der Waals surface area contributed by atoms with Gasteiger partial charge in [-0.15, -0.1) is 0 Å². The molecule has 8 heteroatoms. The molecule has 0 aliphatic rings. The highest BCUT2D eigenvalue weighted by Gasteiger charge is 2.26. The monoisotopic (exact) mass is 414 g/mol. The van der Waals surface area contributed by atoms with Gasteiger partial charge in [-0.05, 0) is 41.5 Å². The van der Waals surface area contributed by atoms with Crippen molar-refractivity contribution in [2.75, 3.05) is 19.1 Å². The van der Waals surface area contributed by atoms with Gasteiger partial charge >= 0.3 is 5.69 Å². The molecule has 0 saturated heterocycles. The average Bonchev–Trinajstić information content (AvgIpc) is 2.74. The van der Waals surface area contributed by atoms with Crippen LogP contribution < -0.4 is 14.4 Å². The van der Waals surface area contributed by atoms with Crippen LogP contribution in [-0.4, -0.2) is 29.3 Å². The first kappa shape index (κ1) is 20.4. The molecule has 0 saturated carbocycles. The zero-order valence-electron chi connectivity index (χ0n) is 16.1. The van der Waals surface area contributed by atoms with Crippen LogP contribution in [0.25, 0.3) is 0 Å². The molecule has 0 fully saturated rings. The second-order valence-corrected chi connectivity index (χ2v) is 6.69. The van der Waals surface area contributed by atoms with Gasteiger partial charge in [-0.1, -0.05) is 35.9 Å². The molecule has 3 aromatic rings. The van der Waals surface area contributed by atoms with Crippen LogP contribution >= 0.6 is 11.6 Å². The number of anilines is 1. The molecule has 150 valence electrons. The molecule has 1 N–H and O–H groups in total. The van der Waals surface area contributed by atoms with Gasteiger partial charge in [0.25, 0.3) is 4.92 Å². The number of methoxy groups -OCH3 is 2. The fraction of sp³-hybridized carbons (Fsp3) is 0.190. The highest BCUT2D eigenvalue weighted by atomic mass is 35.5. The summed E-state index contributed by atoms with van der Waals surface area (Å²) in [6.07, 6.45) is 0. The van der Waals surface area contributed by atoms with E-state index < -0.39 is 0 Å². The molecule has 3 rings (SSSR count). The lowest BCUT2D eigenvalue weighted by Gasteiger charge is -2.23. The van der Waals surface area contributed by atoms with Gasteiger partial charge in [-0.25, -0.2) is 10.2 Å². The number of hydrogen-bond acceptors (Lipinski definition) is 5. The summed E-state index contributed by atoms with van der Waals surface area (Å²) in [7, 11) is 3.22. The van der Waals surface area contributed by atoms with Gasteiger partial charge in [-0.3, -0.25) is 0 Å². The number of nitrogens with zero attached hydrogens (tertiary/aromatic N) is 3. The maximum Gasteiger partial charge on any atom is 0.358 e. The number of ether oxygens (including phenoxy) is 2. The molecule has 0 radical (unpaired) electrons. The molecule has 7 nitrogen and oxygen atoms in total. The van der Waals surface area contributed by atoms with Crippen molar-refractivity contribution in [3.8, 4) is 11.5 Å². The smallest absolute Gasteiger partial charge is 0.358 e. The number of aromatic nitrogens is 1. The molecule has 0 spiro atoms. The van der Waals surface area contributed by atoms with Crippen LogP contribution in [0.3, 0.4) is 0 Å². The molecule has 1 aromatic heterocycles. The van der Waals surface area contributed by atoms with Gasteiger partial charge in [0.1, 0.15) is 16.7 Å². The van der Waals surface area contributed by atoms with Crippen LogP contribution in [0, 0.1) is 4.91 Å². The maximum atomic E-state index is 11.7. The minimum atomic E-state index is -0.201. The molecular formula is C21H21ClN3O4+. The predicted molar refractivity (Wildman–Crippen MR) is 110 cm³/mol. The lowest BCUT2D eigenvalue weighted by molar-refractivity contribution is -0.729. The van der Waals surface area contributed by atoms with Crippen molar-refractivity contribution < 1.29 is 19.6 Å². The predicted octanol–water partition coefficient (Wildman–Crippen LogP) is 4.76. The molecular weight excluding hydrogens is 394 g/mol. The Bertz CT molecular complexity index is 929. The SMILES string of the molecule is COc1ccc(CN(Cc2ccc(OC)cc2)c2nc(Cl)ccc2[N+](=O)O)cc1. The Morgan fingerprint density at radius 1 is 0.897 bits per heavy atom. The van der Waals surface area contributed by atoms with Gasteiger partial charge in [-0.2, -0.15) is 0 Å². The Balaban J connectivity index is 1.98. The van der Waals surface area contributed by atoms with Crippen molar-refractivity contribution in [1.29, 1.82) is 0 Å². The van der Waals surface area contributed by atoms with Crippen molar-refractivity contribution in [2.24, 2.45) is 0 Å². The van der Waals surface area contributed by atoms with E-state index in [1.54, 1.807) is 14.2 Å². The zero-order chi connectivity index (χ0) is 20.8. The van der Waals surface area contributed by atoms with Crippen LogP contribution in [0.2, 0.25) is 5.15 Å². The highest BCUT2D eigenvalue weighted by molar-refractivity contribution is 6.29. The number of halogens is 1. The third-order valence-corrected chi connectivity index (χ3v) is 4.60. The van der Waals surface area contributed by atoms with Crippen LogP contribution in [0.15, 0.2) is 60.7 Å². The Morgan fingerprint density at radius 2 is 1.38 bits per heavy atom. The van der Waals surface area contributed by atoms with Gasteiger partial charge in [0.05, 0.1) is 19.1 Å². The maximum absolute atomic E-state index is 11.7. The summed E-state index contributed by atoms with van der Waals surface area (Å²) >= 11 is 6.08. The normalized spacial score (nSPS) is 10.4. The van der Waals surface area contributed by atoms with E-state index in [2.05, 4.69) is 4.98 Å². The number of hydrogen-bond donors (Lipinski definition) is 1. The topological polar surface area (TPSA) is 74.9 Å². The quantitative estimate of drug-likeness (QED) is 0.423. The first-order chi connectivity index (χ1) is 14.0. The first-order valence-corrected chi connectivity index (χ1v) is 9.21. The lowest BCUT2D eigenvalue weighted by atomic mass is 10.1. The summed E-state index contributed by atoms with van der Waals surface area (Å²) in [5, 5.41) is 9.77. The molecule has 0 aliphatic heterocycles. The summed E-state index contributed by atoms with van der Waals surface area (Å²) in [4.78, 5) is 17.6. The van der Waals surface area contributed by atoms with Crippen LogP contribution in [-0.2, 0) is 13.1 Å². The van der Waals surface area contributed by atoms with Crippen molar-refractivity contribution in [1.82, 2.24) is 4.98 Å². The van der Waals surface area contributed by atoms with E-state index in [0.29, 0.717) is 13.1 Å². The molecule has 1 heterocycles. The fourth-order valence-corrected chi connectivity index (χ4v) is 3.05. The number of rotatable bonds is 8. The molecule has 0 atom stereocenters. The Hall–Kier alpha value is -3.32. The molecule has 0 unspecified atom stereocenters. The second-order valence-electron chi connectivity index (χ2n) is 6.30. The van der Waals surface area contributed by atoms with Crippen molar-refractivity contribution in [3.63, 3.8) is 0 Å². The fourth-order valence-electron chi connectivity index (χ4n) is 2.91. The summed E-state index contributed by atoms with van der Waals surface area (Å²) in [6, 6.07) is 18.1. The Kier molecular flexibility index (Phi) is 6.51. The molecule has 0 aliphatic carbocycles. The van der Waals surface area contributed by atoms with E-state index in [1.165, 1.54) is 12.1 Å². The van der Waals surface area contributed by atoms with Crippen molar-refractivity contribution >= 4 is 23.1 Å². The van der Waals surface area contributed by atoms with Gasteiger partial charge < -0.3 is 14.4 Å². The van der Waals surface area contributed by atoms with E-state index in [0.717, 1.165) is 22.6 Å². The average molecular weight is 415 g/mol. The van der Waals surface area contributed by atoms with Crippen LogP contribution in [0.4, 0.5) is 11.5 Å². The third-order valence-electron chi connectivity index (χ3n) is 4.39. The molecule has 0 bridgehead atoms. The largest absolute Gasteiger partial charge is 0.497 e. The molecule has 2 aromatic carbocycles. The zero-order valence-corrected chi connectivity index (χ0v) is 16.8. The third kappa shape index (κ3) is 5.14. The molecule has 0 amide bonds. The summed E-state index contributed by atoms with van der Waals surface area (Å²) < 4.78 is 10.4. The van der Waals surface area contributed by atoms with E-state index in [-0.39, 0.29) is 21.6 Å². The van der Waals surface area contributed by atoms with Gasteiger partial charge in [0.2, 0.25) is 5.82 Å². The lowest BCUT2D eigenvalue weighted by Crippen LogP contribution is -2.24. The standard InChI is InChI=1S/C21H21ClN3O4/c1-28-17-7-3-15(4-8-17)13-24(14-16-5-9-18(29-2)10-6-16)21-19(25(26)27)11-12-20(22)23-21/h3-12H,13-14H2,1-2H3,(H,26,27)/q+1. The van der Waals surface area contributed by atoms with E-state index >= 15 is 0 Å². The van der Waals surface area contributed by atoms with Crippen LogP contribution in [0.5, 0.6) is 11.5 Å². The molecule has 29 heavy (non-hydrogen) atoms. The van der Waals surface area contributed by atoms with Gasteiger partial charge in [0, 0.05) is 19.2 Å². The number of benzene rings is 2. The van der Waals surface area contributed by atoms with Crippen molar-refractivity contribution in [3.05, 3.63) is 81.9 Å². The minimum absolute atomic E-state index is 0.0106. The first-order valence-electron chi connectivity index (χ1n) is 8.83. The Morgan fingerprint density at radius 3 is 1.79 bits per heavy atom. The Labute approximate surface area is 173 Å². The van der Waals surface area contributed by atoms with Crippen LogP contribution in [0.1, 0.15) is 11.1 Å². The number of pyridine rings is 1. The summed E-state index contributed by atoms with van der Waals surface area (Å²) in [6.45, 7) is 0.869. The van der Waals surface area contributed by atoms with Gasteiger partial charge in [0.15, 0.2) is 0 Å². The summed E-state index contributed by atoms with van der Waals surface area (Å²) in [5.41, 5.74) is 1.96. The second kappa shape index (κ2) is 9.25.